The molecule has 0 bridgehead atoms. The van der Waals surface area contributed by atoms with Crippen molar-refractivity contribution in [3.8, 4) is 0 Å². The van der Waals surface area contributed by atoms with Crippen molar-refractivity contribution >= 4 is 23.2 Å². The number of ether oxygens (including phenoxy) is 2. The molecule has 2 atom stereocenters. The molecule has 0 aromatic heterocycles. The van der Waals surface area contributed by atoms with Gasteiger partial charge >= 0.3 is 0 Å². The highest BCUT2D eigenvalue weighted by Crippen LogP contribution is 2.16. The van der Waals surface area contributed by atoms with Crippen molar-refractivity contribution in [2.45, 2.75) is 114 Å². The molecule has 0 amide bonds. The van der Waals surface area contributed by atoms with Gasteiger partial charge in [-0.25, -0.2) is 0 Å². The van der Waals surface area contributed by atoms with Crippen LogP contribution in [-0.2, 0) is 9.47 Å². The molecule has 0 N–H and O–H groups in total. The van der Waals surface area contributed by atoms with Crippen LogP contribution in [0.5, 0.6) is 0 Å². The fraction of sp³-hybridized carbons (Fsp3) is 1.00. The average Bonchev–Trinajstić information content (AvgIpc) is 2.63. The van der Waals surface area contributed by atoms with Crippen LogP contribution in [0.25, 0.3) is 0 Å². The fourth-order valence-corrected chi connectivity index (χ4v) is 3.60. The topological polar surface area (TPSA) is 18.5 Å². The van der Waals surface area contributed by atoms with E-state index >= 15 is 0 Å². The number of halogens is 2. The van der Waals surface area contributed by atoms with E-state index in [0.717, 1.165) is 51.7 Å². The van der Waals surface area contributed by atoms with Crippen molar-refractivity contribution in [3.05, 3.63) is 0 Å². The van der Waals surface area contributed by atoms with E-state index in [1.165, 1.54) is 51.4 Å². The molecule has 0 rings (SSSR count). The molecule has 158 valence electrons. The van der Waals surface area contributed by atoms with Gasteiger partial charge < -0.3 is 9.47 Å². The van der Waals surface area contributed by atoms with Gasteiger partial charge in [0.25, 0.3) is 0 Å². The Morgan fingerprint density at radius 2 is 0.846 bits per heavy atom. The second-order valence-electron chi connectivity index (χ2n) is 7.40. The smallest absolute Gasteiger partial charge is 0.0700 e. The molecule has 0 aliphatic rings. The molecule has 0 radical (unpaired) electrons. The summed E-state index contributed by atoms with van der Waals surface area (Å²) in [5, 5.41) is 0.702. The highest BCUT2D eigenvalue weighted by Gasteiger charge is 2.04. The van der Waals surface area contributed by atoms with E-state index in [-0.39, 0.29) is 0 Å². The summed E-state index contributed by atoms with van der Waals surface area (Å²) in [4.78, 5) is 0. The highest BCUT2D eigenvalue weighted by atomic mass is 35.5. The van der Waals surface area contributed by atoms with E-state index in [1.54, 1.807) is 0 Å². The lowest BCUT2D eigenvalue weighted by Gasteiger charge is -2.10. The summed E-state index contributed by atoms with van der Waals surface area (Å²) >= 11 is 12.6. The number of alkyl halides is 2. The maximum absolute atomic E-state index is 6.32. The summed E-state index contributed by atoms with van der Waals surface area (Å²) in [6, 6.07) is 0. The van der Waals surface area contributed by atoms with Crippen LogP contribution in [0.4, 0.5) is 0 Å². The molecule has 0 aliphatic carbocycles. The van der Waals surface area contributed by atoms with Crippen molar-refractivity contribution in [1.82, 2.24) is 0 Å². The van der Waals surface area contributed by atoms with Gasteiger partial charge in [-0.1, -0.05) is 52.4 Å². The molecule has 0 aromatic rings. The van der Waals surface area contributed by atoms with Crippen LogP contribution in [0.15, 0.2) is 0 Å². The lowest BCUT2D eigenvalue weighted by molar-refractivity contribution is 0.0449. The first-order chi connectivity index (χ1) is 12.7. The van der Waals surface area contributed by atoms with Gasteiger partial charge in [0.1, 0.15) is 0 Å². The number of hydrogen-bond acceptors (Lipinski definition) is 2. The van der Waals surface area contributed by atoms with Crippen molar-refractivity contribution in [2.24, 2.45) is 0 Å². The zero-order valence-electron chi connectivity index (χ0n) is 17.5. The first-order valence-electron chi connectivity index (χ1n) is 11.1. The molecule has 0 saturated carbocycles. The van der Waals surface area contributed by atoms with Crippen LogP contribution < -0.4 is 0 Å². The fourth-order valence-electron chi connectivity index (χ4n) is 2.98. The Labute approximate surface area is 173 Å². The predicted molar refractivity (Wildman–Crippen MR) is 117 cm³/mol. The van der Waals surface area contributed by atoms with E-state index in [9.17, 15) is 0 Å². The van der Waals surface area contributed by atoms with Gasteiger partial charge in [0.2, 0.25) is 0 Å². The summed E-state index contributed by atoms with van der Waals surface area (Å²) in [5.41, 5.74) is 0. The minimum absolute atomic E-state index is 0.351. The Hall–Kier alpha value is 0.500. The van der Waals surface area contributed by atoms with Crippen LogP contribution in [0.3, 0.4) is 0 Å². The van der Waals surface area contributed by atoms with Crippen molar-refractivity contribution in [3.63, 3.8) is 0 Å². The molecule has 2 nitrogen and oxygen atoms in total. The second-order valence-corrected chi connectivity index (χ2v) is 8.64. The van der Waals surface area contributed by atoms with Crippen molar-refractivity contribution < 1.29 is 9.47 Å². The van der Waals surface area contributed by atoms with Gasteiger partial charge in [-0.2, -0.15) is 0 Å². The summed E-state index contributed by atoms with van der Waals surface area (Å²) in [6.45, 7) is 7.53. The highest BCUT2D eigenvalue weighted by molar-refractivity contribution is 6.20. The third-order valence-electron chi connectivity index (χ3n) is 4.73. The van der Waals surface area contributed by atoms with E-state index < -0.39 is 0 Å². The Balaban J connectivity index is 3.15. The first kappa shape index (κ1) is 26.5. The zero-order chi connectivity index (χ0) is 19.3. The molecular formula is C22H44Cl2O2. The lowest BCUT2D eigenvalue weighted by Crippen LogP contribution is -2.07. The minimum atomic E-state index is 0.351. The Morgan fingerprint density at radius 3 is 1.19 bits per heavy atom. The molecule has 0 aromatic carbocycles. The largest absolute Gasteiger partial charge is 0.379 e. The molecule has 0 fully saturated rings. The van der Waals surface area contributed by atoms with Gasteiger partial charge in [0.15, 0.2) is 0 Å². The quantitative estimate of drug-likeness (QED) is 0.142. The monoisotopic (exact) mass is 410 g/mol. The normalized spacial score (nSPS) is 13.8. The standard InChI is InChI=1S/C22H44Cl2O2/c1-3-5-7-13-21(23)15-9-11-17-25-19-20-26-18-12-10-16-22(24)14-8-6-4-2/h21-22H,3-20H2,1-2H3. The van der Waals surface area contributed by atoms with E-state index in [1.807, 2.05) is 0 Å². The number of hydrogen-bond donors (Lipinski definition) is 0. The summed E-state index contributed by atoms with van der Waals surface area (Å²) < 4.78 is 11.2. The van der Waals surface area contributed by atoms with E-state index in [2.05, 4.69) is 13.8 Å². The van der Waals surface area contributed by atoms with Crippen LogP contribution in [0.1, 0.15) is 104 Å². The van der Waals surface area contributed by atoms with Gasteiger partial charge in [-0.15, -0.1) is 23.2 Å². The predicted octanol–water partition coefficient (Wildman–Crippen LogP) is 7.74. The van der Waals surface area contributed by atoms with Gasteiger partial charge in [0.05, 0.1) is 13.2 Å². The van der Waals surface area contributed by atoms with Crippen molar-refractivity contribution in [1.29, 1.82) is 0 Å². The van der Waals surface area contributed by atoms with Crippen molar-refractivity contribution in [2.75, 3.05) is 26.4 Å². The number of rotatable bonds is 21. The molecule has 2 unspecified atom stereocenters. The maximum atomic E-state index is 6.32. The third-order valence-corrected chi connectivity index (χ3v) is 5.60. The molecule has 0 aliphatic heterocycles. The van der Waals surface area contributed by atoms with E-state index in [0.29, 0.717) is 24.0 Å². The zero-order valence-corrected chi connectivity index (χ0v) is 19.0. The third kappa shape index (κ3) is 20.8. The summed E-state index contributed by atoms with van der Waals surface area (Å²) in [7, 11) is 0. The molecule has 0 saturated heterocycles. The molecule has 0 spiro atoms. The summed E-state index contributed by atoms with van der Waals surface area (Å²) in [6.07, 6.45) is 16.8. The molecule has 26 heavy (non-hydrogen) atoms. The molecule has 4 heteroatoms. The Bertz CT molecular complexity index is 239. The minimum Gasteiger partial charge on any atom is -0.379 e. The van der Waals surface area contributed by atoms with E-state index in [4.69, 9.17) is 32.7 Å². The van der Waals surface area contributed by atoms with Crippen LogP contribution in [-0.4, -0.2) is 37.2 Å². The van der Waals surface area contributed by atoms with Gasteiger partial charge in [0, 0.05) is 24.0 Å². The van der Waals surface area contributed by atoms with Crippen LogP contribution in [0, 0.1) is 0 Å². The SMILES string of the molecule is CCCCCC(Cl)CCCCOCCOCCCCC(Cl)CCCCC. The van der Waals surface area contributed by atoms with Gasteiger partial charge in [-0.05, 0) is 51.4 Å². The van der Waals surface area contributed by atoms with Gasteiger partial charge in [-0.3, -0.25) is 0 Å². The molecule has 0 heterocycles. The maximum Gasteiger partial charge on any atom is 0.0700 e. The average molecular weight is 411 g/mol. The number of unbranched alkanes of at least 4 members (excludes halogenated alkanes) is 6. The Morgan fingerprint density at radius 1 is 0.500 bits per heavy atom. The second kappa shape index (κ2) is 21.8. The lowest BCUT2D eigenvalue weighted by atomic mass is 10.1. The first-order valence-corrected chi connectivity index (χ1v) is 12.0. The Kier molecular flexibility index (Phi) is 22.2. The van der Waals surface area contributed by atoms with Crippen LogP contribution >= 0.6 is 23.2 Å². The van der Waals surface area contributed by atoms with Crippen LogP contribution in [0.2, 0.25) is 0 Å². The summed E-state index contributed by atoms with van der Waals surface area (Å²) in [5.74, 6) is 0. The molecular weight excluding hydrogens is 367 g/mol.